The number of para-hydroxylation sites is 8. The average Bonchev–Trinajstić information content (AvgIpc) is 1.83. The van der Waals surface area contributed by atoms with Gasteiger partial charge in [-0.05, 0) is 121 Å². The van der Waals surface area contributed by atoms with Crippen molar-refractivity contribution in [3.05, 3.63) is 230 Å². The lowest BCUT2D eigenvalue weighted by molar-refractivity contribution is 0.442. The Kier molecular flexibility index (Phi) is 9.95. The van der Waals surface area contributed by atoms with Crippen molar-refractivity contribution in [3.63, 3.8) is 0 Å². The molecule has 6 aromatic heterocycles. The summed E-state index contributed by atoms with van der Waals surface area (Å²) in [7, 11) is 0. The van der Waals surface area contributed by atoms with Crippen molar-refractivity contribution < 1.29 is 8.83 Å². The molecule has 0 bridgehead atoms. The molecule has 84 heavy (non-hydrogen) atoms. The van der Waals surface area contributed by atoms with Gasteiger partial charge in [-0.25, -0.2) is 0 Å². The van der Waals surface area contributed by atoms with Gasteiger partial charge in [0.25, 0.3) is 0 Å². The van der Waals surface area contributed by atoms with Crippen molar-refractivity contribution in [2.24, 2.45) is 0 Å². The number of benzene rings is 11. The van der Waals surface area contributed by atoms with Gasteiger partial charge in [0.1, 0.15) is 11.2 Å². The predicted molar refractivity (Wildman–Crippen MR) is 351 cm³/mol. The normalized spacial score (nSPS) is 15.0. The summed E-state index contributed by atoms with van der Waals surface area (Å²) in [6.45, 7) is 0. The molecule has 6 heterocycles. The Bertz CT molecular complexity index is 5140. The van der Waals surface area contributed by atoms with Gasteiger partial charge in [-0.15, -0.1) is 0 Å². The van der Waals surface area contributed by atoms with Crippen LogP contribution in [0.3, 0.4) is 0 Å². The standard InChI is InChI=1S/C78H58N4O2/c1-5-21-47(22-6-1)51-31-17-33-55-57-35-19-39-67(77(57)83-75(51)55)79(49-25-9-3-10-26-49)65-43-41-53-61-45-70-62(46-69(61)81-63-37-15-13-29-59(63)71(65)73(53)81)54-42-44-66(72-60-30-14-16-38-64(60)82(70)74(54)72)80(50-27-11-4-12-28-50)68-40-20-36-58-56-34-18-32-52(76(56)84-78(58)68)48-23-7-2-8-24-48/h3-4,9-20,25-48H,1-2,5-8,21-24H2. The van der Waals surface area contributed by atoms with Crippen LogP contribution in [0, 0.1) is 0 Å². The van der Waals surface area contributed by atoms with Gasteiger partial charge >= 0.3 is 0 Å². The van der Waals surface area contributed by atoms with Gasteiger partial charge in [0, 0.05) is 76.0 Å². The topological polar surface area (TPSA) is 41.6 Å². The largest absolute Gasteiger partial charge is 0.454 e. The van der Waals surface area contributed by atoms with E-state index in [1.54, 1.807) is 0 Å². The summed E-state index contributed by atoms with van der Waals surface area (Å²) in [6.07, 6.45) is 12.6. The maximum Gasteiger partial charge on any atom is 0.159 e. The van der Waals surface area contributed by atoms with Crippen LogP contribution in [0.25, 0.3) is 120 Å². The van der Waals surface area contributed by atoms with E-state index in [1.165, 1.54) is 162 Å². The van der Waals surface area contributed by atoms with E-state index in [0.29, 0.717) is 11.8 Å². The number of furan rings is 2. The minimum absolute atomic E-state index is 0.521. The van der Waals surface area contributed by atoms with E-state index in [9.17, 15) is 0 Å². The maximum atomic E-state index is 7.27. The van der Waals surface area contributed by atoms with Crippen LogP contribution in [0.5, 0.6) is 0 Å². The van der Waals surface area contributed by atoms with Crippen LogP contribution in [0.1, 0.15) is 87.2 Å². The van der Waals surface area contributed by atoms with Crippen LogP contribution in [-0.2, 0) is 0 Å². The number of nitrogens with zero attached hydrogens (tertiary/aromatic N) is 4. The van der Waals surface area contributed by atoms with E-state index >= 15 is 0 Å². The molecular formula is C78H58N4O2. The van der Waals surface area contributed by atoms with Gasteiger partial charge < -0.3 is 27.4 Å². The van der Waals surface area contributed by atoms with Gasteiger partial charge in [0.15, 0.2) is 11.2 Å². The van der Waals surface area contributed by atoms with Crippen LogP contribution < -0.4 is 9.80 Å². The van der Waals surface area contributed by atoms with E-state index in [4.69, 9.17) is 8.83 Å². The molecule has 6 heteroatoms. The first-order chi connectivity index (χ1) is 41.7. The van der Waals surface area contributed by atoms with Crippen molar-refractivity contribution in [2.75, 3.05) is 9.80 Å². The molecule has 0 aliphatic heterocycles. The molecule has 0 atom stereocenters. The minimum Gasteiger partial charge on any atom is -0.454 e. The highest BCUT2D eigenvalue weighted by Gasteiger charge is 2.31. The molecule has 0 saturated heterocycles. The van der Waals surface area contributed by atoms with Crippen LogP contribution in [0.15, 0.2) is 227 Å². The highest BCUT2D eigenvalue weighted by molar-refractivity contribution is 6.32. The van der Waals surface area contributed by atoms with Crippen molar-refractivity contribution in [1.82, 2.24) is 8.80 Å². The fraction of sp³-hybridized carbons (Fsp3) is 0.154. The molecule has 2 aliphatic carbocycles. The third-order valence-corrected chi connectivity index (χ3v) is 19.9. The second kappa shape index (κ2) is 17.9. The van der Waals surface area contributed by atoms with Crippen molar-refractivity contribution in [2.45, 2.75) is 76.0 Å². The van der Waals surface area contributed by atoms with Crippen LogP contribution >= 0.6 is 0 Å². The molecule has 0 unspecified atom stereocenters. The van der Waals surface area contributed by atoms with E-state index in [2.05, 4.69) is 237 Å². The summed E-state index contributed by atoms with van der Waals surface area (Å²) in [5, 5.41) is 14.6. The third-order valence-electron chi connectivity index (χ3n) is 19.9. The van der Waals surface area contributed by atoms with Crippen LogP contribution in [0.4, 0.5) is 34.1 Å². The van der Waals surface area contributed by atoms with Gasteiger partial charge in [0.2, 0.25) is 0 Å². The molecule has 2 fully saturated rings. The van der Waals surface area contributed by atoms with Gasteiger partial charge in [0.05, 0.1) is 55.8 Å². The Morgan fingerprint density at radius 1 is 0.286 bits per heavy atom. The summed E-state index contributed by atoms with van der Waals surface area (Å²) >= 11 is 0. The molecule has 19 rings (SSSR count). The van der Waals surface area contributed by atoms with Gasteiger partial charge in [-0.3, -0.25) is 0 Å². The van der Waals surface area contributed by atoms with Crippen molar-refractivity contribution in [3.8, 4) is 0 Å². The molecule has 0 amide bonds. The smallest absolute Gasteiger partial charge is 0.159 e. The highest BCUT2D eigenvalue weighted by Crippen LogP contribution is 2.54. The Hall–Kier alpha value is -9.78. The van der Waals surface area contributed by atoms with Crippen LogP contribution in [0.2, 0.25) is 0 Å². The van der Waals surface area contributed by atoms with Gasteiger partial charge in [-0.2, -0.15) is 0 Å². The fourth-order valence-corrected chi connectivity index (χ4v) is 16.3. The minimum atomic E-state index is 0.521. The second-order valence-electron chi connectivity index (χ2n) is 24.3. The second-order valence-corrected chi connectivity index (χ2v) is 24.3. The zero-order valence-electron chi connectivity index (χ0n) is 46.6. The maximum absolute atomic E-state index is 7.27. The first-order valence-electron chi connectivity index (χ1n) is 30.6. The summed E-state index contributed by atoms with van der Waals surface area (Å²) in [5.74, 6) is 1.04. The van der Waals surface area contributed by atoms with E-state index < -0.39 is 0 Å². The quantitative estimate of drug-likeness (QED) is 0.152. The average molecular weight is 1080 g/mol. The lowest BCUT2D eigenvalue weighted by atomic mass is 9.83. The number of rotatable bonds is 8. The van der Waals surface area contributed by atoms with Crippen LogP contribution in [-0.4, -0.2) is 8.80 Å². The zero-order chi connectivity index (χ0) is 54.7. The SMILES string of the molecule is c1ccc(N(c2cccc3c2oc2c(C4CCCCC4)cccc23)c2ccc3c4cc5c(cc4n4c6ccccc6c2c34)c2ccc(N(c3ccccc3)c3cccc4c3oc3c(C6CCCCC6)cccc34)c3c4ccccc4n5c23)cc1. The summed E-state index contributed by atoms with van der Waals surface area (Å²) in [4.78, 5) is 4.92. The number of fused-ring (bicyclic) bond motifs is 18. The van der Waals surface area contributed by atoms with Crippen molar-refractivity contribution in [1.29, 1.82) is 0 Å². The predicted octanol–water partition coefficient (Wildman–Crippen LogP) is 22.8. The number of hydrogen-bond acceptors (Lipinski definition) is 4. The lowest BCUT2D eigenvalue weighted by Crippen LogP contribution is -2.10. The highest BCUT2D eigenvalue weighted by atomic mass is 16.3. The summed E-state index contributed by atoms with van der Waals surface area (Å²) in [6, 6.07) is 81.5. The van der Waals surface area contributed by atoms with Crippen molar-refractivity contribution >= 4 is 154 Å². The number of aromatic nitrogens is 2. The number of anilines is 6. The molecule has 11 aromatic carbocycles. The van der Waals surface area contributed by atoms with E-state index in [-0.39, 0.29) is 0 Å². The summed E-state index contributed by atoms with van der Waals surface area (Å²) < 4.78 is 19.6. The molecule has 402 valence electrons. The van der Waals surface area contributed by atoms with E-state index in [0.717, 1.165) is 67.2 Å². The van der Waals surface area contributed by atoms with Gasteiger partial charge in [-0.1, -0.05) is 184 Å². The van der Waals surface area contributed by atoms with E-state index in [1.807, 2.05) is 0 Å². The fourth-order valence-electron chi connectivity index (χ4n) is 16.3. The summed E-state index contributed by atoms with van der Waals surface area (Å²) in [5.41, 5.74) is 20.4. The zero-order valence-corrected chi connectivity index (χ0v) is 46.6. The monoisotopic (exact) mass is 1080 g/mol. The Morgan fingerprint density at radius 3 is 1.11 bits per heavy atom. The third kappa shape index (κ3) is 6.46. The molecule has 0 radical (unpaired) electrons. The molecular weight excluding hydrogens is 1020 g/mol. The Labute approximate surface area is 484 Å². The molecule has 2 aliphatic rings. The molecule has 0 spiro atoms. The lowest BCUT2D eigenvalue weighted by Gasteiger charge is -2.26. The Morgan fingerprint density at radius 2 is 0.667 bits per heavy atom. The molecule has 6 nitrogen and oxygen atoms in total. The molecule has 0 N–H and O–H groups in total. The number of hydrogen-bond donors (Lipinski definition) is 0. The first kappa shape index (κ1) is 46.8. The molecule has 17 aromatic rings. The molecule has 2 saturated carbocycles. The Balaban J connectivity index is 0.842. The first-order valence-corrected chi connectivity index (χ1v) is 30.6.